The van der Waals surface area contributed by atoms with Crippen molar-refractivity contribution in [3.05, 3.63) is 64.5 Å². The van der Waals surface area contributed by atoms with Gasteiger partial charge in [0, 0.05) is 26.0 Å². The van der Waals surface area contributed by atoms with Crippen molar-refractivity contribution in [3.8, 4) is 11.6 Å². The largest absolute Gasteiger partial charge is 0.435 e. The van der Waals surface area contributed by atoms with Crippen LogP contribution in [0, 0.1) is 0 Å². The highest BCUT2D eigenvalue weighted by atomic mass is 32.2. The Hall–Kier alpha value is -2.65. The van der Waals surface area contributed by atoms with Gasteiger partial charge in [0.2, 0.25) is 0 Å². The van der Waals surface area contributed by atoms with Crippen LogP contribution in [0.4, 0.5) is 5.69 Å². The molecule has 2 aromatic heterocycles. The lowest BCUT2D eigenvalue weighted by Gasteiger charge is -2.18. The van der Waals surface area contributed by atoms with E-state index in [0.29, 0.717) is 18.0 Å². The minimum Gasteiger partial charge on any atom is -0.435 e. The second kappa shape index (κ2) is 7.30. The van der Waals surface area contributed by atoms with Crippen LogP contribution in [0.15, 0.2) is 63.2 Å². The minimum absolute atomic E-state index is 0.0262. The number of thiophene rings is 1. The maximum absolute atomic E-state index is 12.5. The molecule has 0 saturated carbocycles. The standard InChI is InChI=1S/C17H17N3O4S2/c1-3-20-11-10-18-16(17(20)21)24-14-8-6-13(7-9-14)19(2)26(22,23)15-5-4-12-25-15/h4-12H,3H2,1-2H3. The third-order valence-corrected chi connectivity index (χ3v) is 6.91. The van der Waals surface area contributed by atoms with E-state index in [1.165, 1.54) is 22.1 Å². The molecule has 7 nitrogen and oxygen atoms in total. The Bertz CT molecular complexity index is 1040. The van der Waals surface area contributed by atoms with E-state index in [-0.39, 0.29) is 15.6 Å². The number of rotatable bonds is 6. The normalized spacial score (nSPS) is 11.3. The summed E-state index contributed by atoms with van der Waals surface area (Å²) in [6, 6.07) is 9.68. The number of nitrogens with zero attached hydrogens (tertiary/aromatic N) is 3. The van der Waals surface area contributed by atoms with Crippen LogP contribution in [0.3, 0.4) is 0 Å². The quantitative estimate of drug-likeness (QED) is 0.645. The molecule has 0 aliphatic carbocycles. The summed E-state index contributed by atoms with van der Waals surface area (Å²) >= 11 is 1.16. The van der Waals surface area contributed by atoms with Gasteiger partial charge in [0.25, 0.3) is 15.9 Å². The number of anilines is 1. The highest BCUT2D eigenvalue weighted by Crippen LogP contribution is 2.27. The molecule has 9 heteroatoms. The molecule has 0 aliphatic rings. The van der Waals surface area contributed by atoms with Gasteiger partial charge in [-0.05, 0) is 42.6 Å². The zero-order chi connectivity index (χ0) is 18.7. The van der Waals surface area contributed by atoms with E-state index < -0.39 is 10.0 Å². The SMILES string of the molecule is CCn1ccnc(Oc2ccc(N(C)S(=O)(=O)c3cccs3)cc2)c1=O. The lowest BCUT2D eigenvalue weighted by molar-refractivity contribution is 0.445. The second-order valence-electron chi connectivity index (χ2n) is 5.32. The fourth-order valence-electron chi connectivity index (χ4n) is 2.27. The van der Waals surface area contributed by atoms with Gasteiger partial charge in [-0.1, -0.05) is 6.07 Å². The Morgan fingerprint density at radius 3 is 2.58 bits per heavy atom. The van der Waals surface area contributed by atoms with Gasteiger partial charge in [-0.3, -0.25) is 9.10 Å². The van der Waals surface area contributed by atoms with Crippen LogP contribution < -0.4 is 14.6 Å². The smallest absolute Gasteiger partial charge is 0.313 e. The molecule has 2 heterocycles. The van der Waals surface area contributed by atoms with Gasteiger partial charge >= 0.3 is 5.56 Å². The Labute approximate surface area is 155 Å². The van der Waals surface area contributed by atoms with Crippen molar-refractivity contribution >= 4 is 27.0 Å². The van der Waals surface area contributed by atoms with Crippen molar-refractivity contribution in [3.63, 3.8) is 0 Å². The Morgan fingerprint density at radius 1 is 1.23 bits per heavy atom. The summed E-state index contributed by atoms with van der Waals surface area (Å²) in [4.78, 5) is 16.1. The third-order valence-electron chi connectivity index (χ3n) is 3.75. The van der Waals surface area contributed by atoms with Crippen molar-refractivity contribution in [1.82, 2.24) is 9.55 Å². The van der Waals surface area contributed by atoms with E-state index in [4.69, 9.17) is 4.74 Å². The molecule has 0 N–H and O–H groups in total. The second-order valence-corrected chi connectivity index (χ2v) is 8.47. The molecule has 3 rings (SSSR count). The number of ether oxygens (including phenoxy) is 1. The number of hydrogen-bond donors (Lipinski definition) is 0. The Morgan fingerprint density at radius 2 is 1.96 bits per heavy atom. The van der Waals surface area contributed by atoms with Crippen molar-refractivity contribution in [2.45, 2.75) is 17.7 Å². The van der Waals surface area contributed by atoms with Crippen LogP contribution in [0.5, 0.6) is 11.6 Å². The van der Waals surface area contributed by atoms with Crippen LogP contribution in [0.2, 0.25) is 0 Å². The zero-order valence-electron chi connectivity index (χ0n) is 14.2. The molecule has 0 amide bonds. The van der Waals surface area contributed by atoms with Crippen molar-refractivity contribution in [2.24, 2.45) is 0 Å². The molecule has 0 radical (unpaired) electrons. The molecular weight excluding hydrogens is 374 g/mol. The number of hydrogen-bond acceptors (Lipinski definition) is 6. The number of aryl methyl sites for hydroxylation is 1. The van der Waals surface area contributed by atoms with Crippen molar-refractivity contribution in [1.29, 1.82) is 0 Å². The molecule has 3 aromatic rings. The molecule has 0 aliphatic heterocycles. The monoisotopic (exact) mass is 391 g/mol. The lowest BCUT2D eigenvalue weighted by Crippen LogP contribution is -2.25. The van der Waals surface area contributed by atoms with E-state index in [1.54, 1.807) is 48.0 Å². The van der Waals surface area contributed by atoms with Crippen LogP contribution in [0.1, 0.15) is 6.92 Å². The molecule has 136 valence electrons. The highest BCUT2D eigenvalue weighted by molar-refractivity contribution is 7.94. The Kier molecular flexibility index (Phi) is 5.10. The summed E-state index contributed by atoms with van der Waals surface area (Å²) in [6.45, 7) is 2.37. The molecule has 0 atom stereocenters. The van der Waals surface area contributed by atoms with Crippen LogP contribution in [-0.4, -0.2) is 25.0 Å². The first-order valence-corrected chi connectivity index (χ1v) is 10.1. The highest BCUT2D eigenvalue weighted by Gasteiger charge is 2.22. The summed E-state index contributed by atoms with van der Waals surface area (Å²) in [5.41, 5.74) is 0.161. The lowest BCUT2D eigenvalue weighted by atomic mass is 10.3. The molecule has 26 heavy (non-hydrogen) atoms. The van der Waals surface area contributed by atoms with Gasteiger partial charge in [0.15, 0.2) is 0 Å². The predicted octanol–water partition coefficient (Wildman–Crippen LogP) is 2.94. The molecule has 0 unspecified atom stereocenters. The topological polar surface area (TPSA) is 81.5 Å². The molecule has 1 aromatic carbocycles. The summed E-state index contributed by atoms with van der Waals surface area (Å²) in [7, 11) is -2.10. The van der Waals surface area contributed by atoms with Gasteiger partial charge in [0.05, 0.1) is 5.69 Å². The van der Waals surface area contributed by atoms with Gasteiger partial charge < -0.3 is 9.30 Å². The first kappa shape index (κ1) is 18.2. The van der Waals surface area contributed by atoms with Crippen LogP contribution in [0.25, 0.3) is 0 Å². The van der Waals surface area contributed by atoms with Gasteiger partial charge in [-0.15, -0.1) is 11.3 Å². The van der Waals surface area contributed by atoms with E-state index in [1.807, 2.05) is 6.92 Å². The molecule has 0 bridgehead atoms. The van der Waals surface area contributed by atoms with Gasteiger partial charge in [0.1, 0.15) is 9.96 Å². The summed E-state index contributed by atoms with van der Waals surface area (Å²) < 4.78 is 33.6. The molecular formula is C17H17N3O4S2. The summed E-state index contributed by atoms with van der Waals surface area (Å²) in [5, 5.41) is 1.72. The Balaban J connectivity index is 1.82. The van der Waals surface area contributed by atoms with Crippen molar-refractivity contribution < 1.29 is 13.2 Å². The number of benzene rings is 1. The maximum Gasteiger partial charge on any atom is 0.313 e. The first-order chi connectivity index (χ1) is 12.4. The maximum atomic E-state index is 12.5. The molecule has 0 saturated heterocycles. The molecule has 0 spiro atoms. The zero-order valence-corrected chi connectivity index (χ0v) is 15.8. The third kappa shape index (κ3) is 3.49. The van der Waals surface area contributed by atoms with Crippen LogP contribution in [-0.2, 0) is 16.6 Å². The first-order valence-electron chi connectivity index (χ1n) is 7.79. The van der Waals surface area contributed by atoms with Crippen molar-refractivity contribution in [2.75, 3.05) is 11.4 Å². The number of sulfonamides is 1. The van der Waals surface area contributed by atoms with Gasteiger partial charge in [-0.2, -0.15) is 0 Å². The molecule has 0 fully saturated rings. The van der Waals surface area contributed by atoms with Gasteiger partial charge in [-0.25, -0.2) is 13.4 Å². The predicted molar refractivity (Wildman–Crippen MR) is 101 cm³/mol. The average molecular weight is 391 g/mol. The van der Waals surface area contributed by atoms with E-state index in [2.05, 4.69) is 4.98 Å². The van der Waals surface area contributed by atoms with E-state index >= 15 is 0 Å². The van der Waals surface area contributed by atoms with E-state index in [0.717, 1.165) is 11.3 Å². The van der Waals surface area contributed by atoms with E-state index in [9.17, 15) is 13.2 Å². The fraction of sp³-hybridized carbons (Fsp3) is 0.176. The summed E-state index contributed by atoms with van der Waals surface area (Å²) in [6.07, 6.45) is 3.08. The average Bonchev–Trinajstić information content (AvgIpc) is 3.19. The number of aromatic nitrogens is 2. The van der Waals surface area contributed by atoms with Crippen LogP contribution >= 0.6 is 11.3 Å². The fourth-order valence-corrected chi connectivity index (χ4v) is 4.62. The summed E-state index contributed by atoms with van der Waals surface area (Å²) in [5.74, 6) is 0.371. The minimum atomic E-state index is -3.59.